The number of fused-ring (bicyclic) bond motifs is 1. The van der Waals surface area contributed by atoms with Crippen molar-refractivity contribution in [1.29, 1.82) is 0 Å². The van der Waals surface area contributed by atoms with Gasteiger partial charge >= 0.3 is 0 Å². The summed E-state index contributed by atoms with van der Waals surface area (Å²) < 4.78 is 28.4. The number of likely N-dealkylation sites (N-methyl/N-ethyl adjacent to an activating group) is 1. The molecule has 1 atom stereocenters. The van der Waals surface area contributed by atoms with E-state index in [9.17, 15) is 18.0 Å². The summed E-state index contributed by atoms with van der Waals surface area (Å²) in [5.74, 6) is -0.715. The largest absolute Gasteiger partial charge is 0.352 e. The van der Waals surface area contributed by atoms with Crippen molar-refractivity contribution in [1.82, 2.24) is 14.5 Å². The molecule has 4 aromatic rings. The van der Waals surface area contributed by atoms with Gasteiger partial charge in [-0.05, 0) is 59.0 Å². The van der Waals surface area contributed by atoms with Gasteiger partial charge in [0.2, 0.25) is 21.8 Å². The summed E-state index contributed by atoms with van der Waals surface area (Å²) >= 11 is 6.29. The Kier molecular flexibility index (Phi) is 10.4. The molecule has 1 aliphatic rings. The first-order valence-electron chi connectivity index (χ1n) is 15.0. The highest BCUT2D eigenvalue weighted by molar-refractivity contribution is 7.89. The first kappa shape index (κ1) is 31.7. The molecular formula is C35H38ClN3O4S. The fraction of sp³-hybridized carbons (Fsp3) is 0.314. The zero-order chi connectivity index (χ0) is 31.1. The molecule has 230 valence electrons. The Balaban J connectivity index is 1.45. The molecule has 9 heteroatoms. The molecule has 1 fully saturated rings. The van der Waals surface area contributed by atoms with Gasteiger partial charge in [0.1, 0.15) is 6.04 Å². The molecule has 1 aliphatic carbocycles. The zero-order valence-electron chi connectivity index (χ0n) is 24.9. The molecule has 4 aromatic carbocycles. The summed E-state index contributed by atoms with van der Waals surface area (Å²) in [7, 11) is -2.60. The fourth-order valence-corrected chi connectivity index (χ4v) is 7.17. The predicted molar refractivity (Wildman–Crippen MR) is 175 cm³/mol. The van der Waals surface area contributed by atoms with Crippen molar-refractivity contribution in [2.24, 2.45) is 0 Å². The molecule has 7 nitrogen and oxygen atoms in total. The minimum Gasteiger partial charge on any atom is -0.352 e. The third-order valence-electron chi connectivity index (χ3n) is 8.25. The average Bonchev–Trinajstić information content (AvgIpc) is 3.03. The van der Waals surface area contributed by atoms with Crippen LogP contribution in [0.1, 0.15) is 43.2 Å². The Bertz CT molecular complexity index is 1710. The second-order valence-corrected chi connectivity index (χ2v) is 14.0. The molecule has 0 aliphatic heterocycles. The van der Waals surface area contributed by atoms with Crippen molar-refractivity contribution in [3.8, 4) is 0 Å². The van der Waals surface area contributed by atoms with Crippen LogP contribution < -0.4 is 5.32 Å². The van der Waals surface area contributed by atoms with E-state index < -0.39 is 28.5 Å². The number of nitrogens with one attached hydrogen (secondary N) is 1. The number of carbonyl (C=O) groups excluding carboxylic acids is 2. The summed E-state index contributed by atoms with van der Waals surface area (Å²) in [5.41, 5.74) is 1.65. The molecule has 1 saturated carbocycles. The normalized spacial score (nSPS) is 14.8. The van der Waals surface area contributed by atoms with Crippen molar-refractivity contribution in [3.05, 3.63) is 113 Å². The van der Waals surface area contributed by atoms with Gasteiger partial charge in [0.05, 0.1) is 11.4 Å². The first-order valence-corrected chi connectivity index (χ1v) is 16.9. The van der Waals surface area contributed by atoms with Crippen LogP contribution in [0.3, 0.4) is 0 Å². The summed E-state index contributed by atoms with van der Waals surface area (Å²) in [6, 6.07) is 28.4. The molecule has 0 heterocycles. The number of benzene rings is 4. The van der Waals surface area contributed by atoms with Crippen molar-refractivity contribution >= 4 is 44.2 Å². The number of carbonyl (C=O) groups is 2. The molecule has 1 N–H and O–H groups in total. The molecule has 2 amide bonds. The molecule has 0 bridgehead atoms. The number of rotatable bonds is 11. The molecule has 0 spiro atoms. The minimum absolute atomic E-state index is 0.0496. The maximum Gasteiger partial charge on any atom is 0.243 e. The average molecular weight is 632 g/mol. The van der Waals surface area contributed by atoms with Gasteiger partial charge in [0, 0.05) is 31.1 Å². The van der Waals surface area contributed by atoms with E-state index in [1.165, 1.54) is 11.9 Å². The lowest BCUT2D eigenvalue weighted by Crippen LogP contribution is -2.54. The lowest BCUT2D eigenvalue weighted by atomic mass is 9.94. The van der Waals surface area contributed by atoms with E-state index in [4.69, 9.17) is 11.6 Å². The Morgan fingerprint density at radius 1 is 0.841 bits per heavy atom. The molecule has 0 saturated heterocycles. The van der Waals surface area contributed by atoms with Crippen LogP contribution in [0, 0.1) is 0 Å². The van der Waals surface area contributed by atoms with Crippen molar-refractivity contribution in [2.75, 3.05) is 13.6 Å². The maximum atomic E-state index is 14.2. The number of hydrogen-bond acceptors (Lipinski definition) is 4. The van der Waals surface area contributed by atoms with E-state index >= 15 is 0 Å². The highest BCUT2D eigenvalue weighted by Crippen LogP contribution is 2.24. The smallest absolute Gasteiger partial charge is 0.243 e. The van der Waals surface area contributed by atoms with E-state index in [2.05, 4.69) is 5.32 Å². The molecular weight excluding hydrogens is 594 g/mol. The van der Waals surface area contributed by atoms with Gasteiger partial charge in [-0.15, -0.1) is 0 Å². The van der Waals surface area contributed by atoms with Crippen LogP contribution in [0.4, 0.5) is 0 Å². The molecule has 44 heavy (non-hydrogen) atoms. The molecule has 0 radical (unpaired) electrons. The van der Waals surface area contributed by atoms with E-state index in [1.807, 2.05) is 60.7 Å². The van der Waals surface area contributed by atoms with Crippen LogP contribution in [-0.2, 0) is 32.6 Å². The van der Waals surface area contributed by atoms with E-state index in [0.29, 0.717) is 5.02 Å². The Morgan fingerprint density at radius 2 is 1.52 bits per heavy atom. The highest BCUT2D eigenvalue weighted by atomic mass is 35.5. The van der Waals surface area contributed by atoms with Crippen LogP contribution in [0.5, 0.6) is 0 Å². The summed E-state index contributed by atoms with van der Waals surface area (Å²) in [6.45, 7) is -0.337. The van der Waals surface area contributed by atoms with Crippen LogP contribution >= 0.6 is 11.6 Å². The summed E-state index contributed by atoms with van der Waals surface area (Å²) in [6.07, 6.45) is 5.34. The fourth-order valence-electron chi connectivity index (χ4n) is 5.80. The van der Waals surface area contributed by atoms with Crippen molar-refractivity contribution in [3.63, 3.8) is 0 Å². The monoisotopic (exact) mass is 631 g/mol. The second-order valence-electron chi connectivity index (χ2n) is 11.5. The van der Waals surface area contributed by atoms with Crippen LogP contribution in [0.15, 0.2) is 102 Å². The van der Waals surface area contributed by atoms with Gasteiger partial charge in [-0.2, -0.15) is 4.31 Å². The highest BCUT2D eigenvalue weighted by Gasteiger charge is 2.34. The van der Waals surface area contributed by atoms with Crippen molar-refractivity contribution < 1.29 is 18.0 Å². The van der Waals surface area contributed by atoms with Gasteiger partial charge in [-0.3, -0.25) is 9.59 Å². The Hall–Kier alpha value is -3.72. The third kappa shape index (κ3) is 7.86. The van der Waals surface area contributed by atoms with Crippen LogP contribution in [0.25, 0.3) is 10.8 Å². The second kappa shape index (κ2) is 14.4. The van der Waals surface area contributed by atoms with Crippen molar-refractivity contribution in [2.45, 2.75) is 62.0 Å². The number of sulfonamides is 1. The topological polar surface area (TPSA) is 86.8 Å². The third-order valence-corrected chi connectivity index (χ3v) is 10.3. The molecule has 1 unspecified atom stereocenters. The van der Waals surface area contributed by atoms with Gasteiger partial charge < -0.3 is 10.2 Å². The summed E-state index contributed by atoms with van der Waals surface area (Å²) in [4.78, 5) is 29.8. The minimum atomic E-state index is -4.00. The van der Waals surface area contributed by atoms with E-state index in [1.54, 1.807) is 36.4 Å². The summed E-state index contributed by atoms with van der Waals surface area (Å²) in [5, 5.41) is 5.43. The van der Waals surface area contributed by atoms with Gasteiger partial charge in [0.25, 0.3) is 0 Å². The quantitative estimate of drug-likeness (QED) is 0.213. The standard InChI is InChI=1S/C35H38ClN3O4S/c1-38(44(42,43)32-20-19-28-14-8-9-15-29(28)23-32)25-34(40)39(24-27-13-10-16-30(36)21-27)33(22-26-11-4-2-5-12-26)35(41)37-31-17-6-3-7-18-31/h2,4-5,8-16,19-21,23,31,33H,3,6-7,17-18,22,24-25H2,1H3,(H,37,41). The lowest BCUT2D eigenvalue weighted by molar-refractivity contribution is -0.141. The molecule has 5 rings (SSSR count). The van der Waals surface area contributed by atoms with Gasteiger partial charge in [-0.25, -0.2) is 8.42 Å². The Morgan fingerprint density at radius 3 is 2.25 bits per heavy atom. The van der Waals surface area contributed by atoms with Crippen LogP contribution in [0.2, 0.25) is 5.02 Å². The van der Waals surface area contributed by atoms with Gasteiger partial charge in [0.15, 0.2) is 0 Å². The predicted octanol–water partition coefficient (Wildman–Crippen LogP) is 6.20. The van der Waals surface area contributed by atoms with E-state index in [-0.39, 0.29) is 29.8 Å². The van der Waals surface area contributed by atoms with Crippen LogP contribution in [-0.4, -0.2) is 55.1 Å². The van der Waals surface area contributed by atoms with E-state index in [0.717, 1.165) is 58.3 Å². The maximum absolute atomic E-state index is 14.2. The molecule has 0 aromatic heterocycles. The SMILES string of the molecule is CN(CC(=O)N(Cc1cccc(Cl)c1)C(Cc1ccccc1)C(=O)NC1CCCCC1)S(=O)(=O)c1ccc2ccccc2c1. The lowest BCUT2D eigenvalue weighted by Gasteiger charge is -2.34. The number of amides is 2. The number of hydrogen-bond donors (Lipinski definition) is 1. The number of nitrogens with zero attached hydrogens (tertiary/aromatic N) is 2. The first-order chi connectivity index (χ1) is 21.2. The van der Waals surface area contributed by atoms with Gasteiger partial charge in [-0.1, -0.05) is 104 Å². The Labute approximate surface area is 264 Å². The number of halogens is 1. The zero-order valence-corrected chi connectivity index (χ0v) is 26.4.